The van der Waals surface area contributed by atoms with E-state index in [4.69, 9.17) is 4.74 Å². The third-order valence-corrected chi connectivity index (χ3v) is 4.84. The minimum atomic E-state index is -0.169. The number of carbonyl (C=O) groups is 2. The minimum absolute atomic E-state index is 0.0526. The molecular weight excluding hydrogens is 356 g/mol. The number of ether oxygens (including phenoxy) is 1. The average Bonchev–Trinajstić information content (AvgIpc) is 3.10. The van der Waals surface area contributed by atoms with Crippen LogP contribution in [-0.4, -0.2) is 51.0 Å². The van der Waals surface area contributed by atoms with Crippen LogP contribution in [-0.2, 0) is 11.2 Å². The van der Waals surface area contributed by atoms with Gasteiger partial charge in [-0.1, -0.05) is 12.1 Å². The first kappa shape index (κ1) is 20.0. The second kappa shape index (κ2) is 8.99. The van der Waals surface area contributed by atoms with Crippen LogP contribution in [0.25, 0.3) is 0 Å². The van der Waals surface area contributed by atoms with Crippen molar-refractivity contribution in [2.75, 3.05) is 13.1 Å². The molecule has 1 amide bonds. The molecule has 1 N–H and O–H groups in total. The van der Waals surface area contributed by atoms with E-state index in [1.807, 2.05) is 39.0 Å². The van der Waals surface area contributed by atoms with E-state index in [9.17, 15) is 9.59 Å². The molecule has 0 spiro atoms. The Hall–Kier alpha value is -2.70. The van der Waals surface area contributed by atoms with Crippen molar-refractivity contribution in [2.45, 2.75) is 52.6 Å². The van der Waals surface area contributed by atoms with Crippen LogP contribution < -0.4 is 4.74 Å². The van der Waals surface area contributed by atoms with Gasteiger partial charge in [-0.05, 0) is 45.7 Å². The van der Waals surface area contributed by atoms with E-state index in [1.165, 1.54) is 0 Å². The van der Waals surface area contributed by atoms with E-state index in [0.717, 1.165) is 18.7 Å². The highest BCUT2D eigenvalue weighted by Gasteiger charge is 2.29. The summed E-state index contributed by atoms with van der Waals surface area (Å²) in [4.78, 5) is 31.6. The first-order valence-electron chi connectivity index (χ1n) is 9.89. The Labute approximate surface area is 165 Å². The largest absolute Gasteiger partial charge is 0.491 e. The normalized spacial score (nSPS) is 17.0. The molecule has 1 saturated heterocycles. The van der Waals surface area contributed by atoms with Crippen LogP contribution in [0.5, 0.6) is 5.75 Å². The molecule has 1 atom stereocenters. The molecule has 0 radical (unpaired) electrons. The van der Waals surface area contributed by atoms with Crippen molar-refractivity contribution < 1.29 is 14.3 Å². The lowest BCUT2D eigenvalue weighted by Crippen LogP contribution is -2.42. The van der Waals surface area contributed by atoms with Crippen molar-refractivity contribution in [3.8, 4) is 5.75 Å². The summed E-state index contributed by atoms with van der Waals surface area (Å²) >= 11 is 0. The van der Waals surface area contributed by atoms with Gasteiger partial charge in [-0.15, -0.1) is 0 Å². The number of likely N-dealkylation sites (tertiary alicyclic amines) is 1. The van der Waals surface area contributed by atoms with E-state index >= 15 is 0 Å². The number of rotatable bonds is 7. The summed E-state index contributed by atoms with van der Waals surface area (Å²) in [6.45, 7) is 6.92. The lowest BCUT2D eigenvalue weighted by atomic mass is 9.89. The Morgan fingerprint density at radius 1 is 1.36 bits per heavy atom. The number of ketones is 1. The fourth-order valence-corrected chi connectivity index (χ4v) is 3.53. The number of aromatic amines is 1. The Balaban J connectivity index is 1.59. The highest BCUT2D eigenvalue weighted by molar-refractivity contribution is 5.98. The van der Waals surface area contributed by atoms with Crippen LogP contribution in [0.2, 0.25) is 0 Å². The molecule has 28 heavy (non-hydrogen) atoms. The topological polar surface area (TPSA) is 88.2 Å². The zero-order chi connectivity index (χ0) is 20.1. The highest BCUT2D eigenvalue weighted by atomic mass is 16.5. The predicted molar refractivity (Wildman–Crippen MR) is 105 cm³/mol. The molecule has 150 valence electrons. The number of nitrogens with zero attached hydrogens (tertiary/aromatic N) is 3. The number of piperidine rings is 1. The molecule has 7 heteroatoms. The maximum Gasteiger partial charge on any atom is 0.223 e. The maximum atomic E-state index is 13.0. The number of hydrogen-bond acceptors (Lipinski definition) is 5. The van der Waals surface area contributed by atoms with Crippen LogP contribution in [0.3, 0.4) is 0 Å². The first-order valence-corrected chi connectivity index (χ1v) is 9.89. The van der Waals surface area contributed by atoms with Gasteiger partial charge in [0.15, 0.2) is 11.6 Å². The number of H-pyrrole nitrogens is 1. The lowest BCUT2D eigenvalue weighted by Gasteiger charge is -2.32. The fourth-order valence-electron chi connectivity index (χ4n) is 3.53. The van der Waals surface area contributed by atoms with E-state index < -0.39 is 0 Å². The van der Waals surface area contributed by atoms with E-state index in [0.29, 0.717) is 43.1 Å². The Morgan fingerprint density at radius 3 is 2.89 bits per heavy atom. The minimum Gasteiger partial charge on any atom is -0.491 e. The molecule has 1 fully saturated rings. The van der Waals surface area contributed by atoms with Crippen molar-refractivity contribution in [1.29, 1.82) is 0 Å². The van der Waals surface area contributed by atoms with Gasteiger partial charge in [0.2, 0.25) is 5.91 Å². The van der Waals surface area contributed by atoms with Crippen LogP contribution in [0.1, 0.15) is 55.1 Å². The van der Waals surface area contributed by atoms with Gasteiger partial charge in [-0.2, -0.15) is 5.10 Å². The van der Waals surface area contributed by atoms with E-state index in [2.05, 4.69) is 15.2 Å². The van der Waals surface area contributed by atoms with Crippen molar-refractivity contribution in [2.24, 2.45) is 5.92 Å². The molecule has 7 nitrogen and oxygen atoms in total. The Kier molecular flexibility index (Phi) is 6.44. The zero-order valence-corrected chi connectivity index (χ0v) is 16.8. The van der Waals surface area contributed by atoms with Gasteiger partial charge in [0.1, 0.15) is 11.6 Å². The number of amides is 1. The number of aryl methyl sites for hydroxylation is 2. The smallest absolute Gasteiger partial charge is 0.223 e. The monoisotopic (exact) mass is 384 g/mol. The molecule has 1 aliphatic heterocycles. The van der Waals surface area contributed by atoms with E-state index in [-0.39, 0.29) is 23.7 Å². The van der Waals surface area contributed by atoms with Gasteiger partial charge in [-0.3, -0.25) is 14.7 Å². The number of carbonyl (C=O) groups excluding carboxylic acids is 2. The molecule has 3 rings (SSSR count). The number of benzene rings is 1. The molecule has 1 aliphatic rings. The second-order valence-electron chi connectivity index (χ2n) is 7.57. The van der Waals surface area contributed by atoms with Gasteiger partial charge in [0, 0.05) is 37.4 Å². The molecule has 1 aromatic heterocycles. The summed E-state index contributed by atoms with van der Waals surface area (Å²) in [5, 5.41) is 6.86. The van der Waals surface area contributed by atoms with Crippen LogP contribution in [0.4, 0.5) is 0 Å². The van der Waals surface area contributed by atoms with Gasteiger partial charge in [0.05, 0.1) is 6.10 Å². The van der Waals surface area contributed by atoms with Crippen molar-refractivity contribution in [3.05, 3.63) is 41.5 Å². The zero-order valence-electron chi connectivity index (χ0n) is 16.8. The molecule has 2 aromatic rings. The van der Waals surface area contributed by atoms with Crippen molar-refractivity contribution >= 4 is 11.7 Å². The molecule has 2 heterocycles. The molecule has 0 unspecified atom stereocenters. The number of Topliss-reactive ketones (excluding diaryl/α,β-unsaturated/α-hetero) is 1. The summed E-state index contributed by atoms with van der Waals surface area (Å²) in [5.74, 6) is 2.06. The third-order valence-electron chi connectivity index (χ3n) is 4.84. The molecular formula is C21H28N4O3. The molecule has 0 bridgehead atoms. The fraction of sp³-hybridized carbons (Fsp3) is 0.524. The molecule has 0 aliphatic carbocycles. The first-order chi connectivity index (χ1) is 13.4. The lowest BCUT2D eigenvalue weighted by molar-refractivity contribution is -0.132. The van der Waals surface area contributed by atoms with Gasteiger partial charge < -0.3 is 9.64 Å². The van der Waals surface area contributed by atoms with Crippen molar-refractivity contribution in [1.82, 2.24) is 20.1 Å². The summed E-state index contributed by atoms with van der Waals surface area (Å²) in [7, 11) is 0. The van der Waals surface area contributed by atoms with Crippen LogP contribution in [0, 0.1) is 12.8 Å². The van der Waals surface area contributed by atoms with Gasteiger partial charge >= 0.3 is 0 Å². The van der Waals surface area contributed by atoms with Crippen molar-refractivity contribution in [3.63, 3.8) is 0 Å². The van der Waals surface area contributed by atoms with Gasteiger partial charge in [-0.25, -0.2) is 4.98 Å². The SMILES string of the molecule is Cc1nc(CCC(=O)N2CCC[C@@H](C(=O)c3cccc(OC(C)C)c3)C2)n[nH]1. The molecule has 0 saturated carbocycles. The Morgan fingerprint density at radius 2 is 2.18 bits per heavy atom. The summed E-state index contributed by atoms with van der Waals surface area (Å²) < 4.78 is 5.70. The van der Waals surface area contributed by atoms with Gasteiger partial charge in [0.25, 0.3) is 0 Å². The number of aromatic nitrogens is 3. The van der Waals surface area contributed by atoms with Crippen LogP contribution >= 0.6 is 0 Å². The number of hydrogen-bond donors (Lipinski definition) is 1. The second-order valence-corrected chi connectivity index (χ2v) is 7.57. The highest BCUT2D eigenvalue weighted by Crippen LogP contribution is 2.24. The van der Waals surface area contributed by atoms with E-state index in [1.54, 1.807) is 11.0 Å². The number of nitrogens with one attached hydrogen (secondary N) is 1. The third kappa shape index (κ3) is 5.18. The molecule has 1 aromatic carbocycles. The quantitative estimate of drug-likeness (QED) is 0.742. The standard InChI is InChI=1S/C21H28N4O3/c1-14(2)28-18-8-4-6-16(12-18)21(27)17-7-5-11-25(13-17)20(26)10-9-19-22-15(3)23-24-19/h4,6,8,12,14,17H,5,7,9-11,13H2,1-3H3,(H,22,23,24)/t17-/m1/s1. The average molecular weight is 384 g/mol. The summed E-state index contributed by atoms with van der Waals surface area (Å²) in [5.41, 5.74) is 0.647. The predicted octanol–water partition coefficient (Wildman–Crippen LogP) is 2.95. The summed E-state index contributed by atoms with van der Waals surface area (Å²) in [6.07, 6.45) is 2.56. The Bertz CT molecular complexity index is 831. The maximum absolute atomic E-state index is 13.0. The summed E-state index contributed by atoms with van der Waals surface area (Å²) in [6, 6.07) is 7.32. The van der Waals surface area contributed by atoms with Crippen LogP contribution in [0.15, 0.2) is 24.3 Å².